The van der Waals surface area contributed by atoms with Gasteiger partial charge in [-0.1, -0.05) is 12.2 Å². The molecule has 0 spiro atoms. The number of phosphoric acid groups is 1. The van der Waals surface area contributed by atoms with Crippen LogP contribution in [0.3, 0.4) is 0 Å². The topological polar surface area (TPSA) is 44.8 Å². The van der Waals surface area contributed by atoms with E-state index < -0.39 is 7.82 Å². The van der Waals surface area contributed by atoms with Gasteiger partial charge in [0.15, 0.2) is 0 Å². The summed E-state index contributed by atoms with van der Waals surface area (Å²) in [4.78, 5) is 0. The molecule has 0 amide bonds. The molecule has 2 aliphatic rings. The highest BCUT2D eigenvalue weighted by Gasteiger charge is 2.32. The fraction of sp³-hybridized carbons (Fsp3) is 0.818. The van der Waals surface area contributed by atoms with Crippen molar-refractivity contribution in [3.8, 4) is 0 Å². The molecule has 1 saturated heterocycles. The Hall–Kier alpha value is -0.150. The van der Waals surface area contributed by atoms with Crippen LogP contribution in [0.15, 0.2) is 12.2 Å². The molecule has 0 N–H and O–H groups in total. The van der Waals surface area contributed by atoms with Crippen molar-refractivity contribution < 1.29 is 18.1 Å². The molecule has 0 aromatic heterocycles. The lowest BCUT2D eigenvalue weighted by Gasteiger charge is -2.18. The molecule has 1 fully saturated rings. The molecule has 1 heterocycles. The first-order chi connectivity index (χ1) is 7.79. The molecular weight excluding hydrogens is 227 g/mol. The molecule has 0 saturated carbocycles. The van der Waals surface area contributed by atoms with Gasteiger partial charge in [0.25, 0.3) is 0 Å². The van der Waals surface area contributed by atoms with E-state index in [-0.39, 0.29) is 0 Å². The predicted molar refractivity (Wildman–Crippen MR) is 61.2 cm³/mol. The van der Waals surface area contributed by atoms with Gasteiger partial charge in [0.1, 0.15) is 0 Å². The van der Waals surface area contributed by atoms with Gasteiger partial charge in [0.05, 0.1) is 19.8 Å². The van der Waals surface area contributed by atoms with Gasteiger partial charge in [0.2, 0.25) is 0 Å². The van der Waals surface area contributed by atoms with Crippen LogP contribution in [0.1, 0.15) is 32.1 Å². The van der Waals surface area contributed by atoms with Gasteiger partial charge >= 0.3 is 7.82 Å². The highest BCUT2D eigenvalue weighted by Crippen LogP contribution is 2.53. The summed E-state index contributed by atoms with van der Waals surface area (Å²) < 4.78 is 27.0. The van der Waals surface area contributed by atoms with E-state index in [0.717, 1.165) is 25.7 Å². The lowest BCUT2D eigenvalue weighted by Crippen LogP contribution is -2.09. The fourth-order valence-electron chi connectivity index (χ4n) is 2.01. The molecule has 16 heavy (non-hydrogen) atoms. The van der Waals surface area contributed by atoms with Gasteiger partial charge in [-0.05, 0) is 38.0 Å². The minimum atomic E-state index is -3.18. The lowest BCUT2D eigenvalue weighted by molar-refractivity contribution is 0.155. The van der Waals surface area contributed by atoms with E-state index in [1.807, 2.05) is 0 Å². The van der Waals surface area contributed by atoms with Crippen molar-refractivity contribution in [2.45, 2.75) is 32.1 Å². The second-order valence-electron chi connectivity index (χ2n) is 4.26. The highest BCUT2D eigenvalue weighted by atomic mass is 31.2. The van der Waals surface area contributed by atoms with E-state index in [4.69, 9.17) is 13.6 Å². The zero-order valence-corrected chi connectivity index (χ0v) is 10.4. The third-order valence-electron chi connectivity index (χ3n) is 2.94. The number of rotatable bonds is 3. The average molecular weight is 246 g/mol. The Morgan fingerprint density at radius 1 is 1.19 bits per heavy atom. The molecule has 0 aromatic rings. The standard InChI is InChI=1S/C11H19O4P/c12-16(13-8-9-14-16)15-10-11-6-4-2-1-3-5-7-11/h1-2,11H,3-10H2/b2-1-. The molecule has 1 aliphatic carbocycles. The highest BCUT2D eigenvalue weighted by molar-refractivity contribution is 7.48. The summed E-state index contributed by atoms with van der Waals surface area (Å²) in [5, 5.41) is 0. The summed E-state index contributed by atoms with van der Waals surface area (Å²) in [6.07, 6.45) is 10.1. The molecule has 0 bridgehead atoms. The van der Waals surface area contributed by atoms with Crippen LogP contribution in [-0.4, -0.2) is 19.8 Å². The van der Waals surface area contributed by atoms with E-state index in [9.17, 15) is 4.57 Å². The first-order valence-corrected chi connectivity index (χ1v) is 7.43. The molecule has 2 rings (SSSR count). The van der Waals surface area contributed by atoms with Crippen molar-refractivity contribution >= 4 is 7.82 Å². The summed E-state index contributed by atoms with van der Waals surface area (Å²) in [6, 6.07) is 0. The summed E-state index contributed by atoms with van der Waals surface area (Å²) in [7, 11) is -3.18. The maximum absolute atomic E-state index is 11.7. The van der Waals surface area contributed by atoms with Gasteiger partial charge in [-0.15, -0.1) is 0 Å². The van der Waals surface area contributed by atoms with Crippen molar-refractivity contribution in [2.24, 2.45) is 5.92 Å². The molecule has 1 atom stereocenters. The van der Waals surface area contributed by atoms with Crippen LogP contribution >= 0.6 is 7.82 Å². The zero-order chi connectivity index (χ0) is 11.3. The van der Waals surface area contributed by atoms with Crippen LogP contribution < -0.4 is 0 Å². The fourth-order valence-corrected chi connectivity index (χ4v) is 3.22. The Balaban J connectivity index is 1.75. The molecular formula is C11H19O4P. The van der Waals surface area contributed by atoms with Gasteiger partial charge in [-0.25, -0.2) is 4.57 Å². The third-order valence-corrected chi connectivity index (χ3v) is 4.40. The monoisotopic (exact) mass is 246 g/mol. The van der Waals surface area contributed by atoms with E-state index in [0.29, 0.717) is 25.7 Å². The van der Waals surface area contributed by atoms with Gasteiger partial charge in [-0.2, -0.15) is 0 Å². The van der Waals surface area contributed by atoms with Crippen LogP contribution in [0.4, 0.5) is 0 Å². The van der Waals surface area contributed by atoms with Gasteiger partial charge in [0, 0.05) is 0 Å². The summed E-state index contributed by atoms with van der Waals surface area (Å²) >= 11 is 0. The molecule has 92 valence electrons. The molecule has 1 unspecified atom stereocenters. The Labute approximate surface area is 96.6 Å². The van der Waals surface area contributed by atoms with Crippen molar-refractivity contribution in [1.29, 1.82) is 0 Å². The van der Waals surface area contributed by atoms with Crippen LogP contribution in [0.25, 0.3) is 0 Å². The third kappa shape index (κ3) is 3.70. The Morgan fingerprint density at radius 3 is 2.75 bits per heavy atom. The Morgan fingerprint density at radius 2 is 1.94 bits per heavy atom. The summed E-state index contributed by atoms with van der Waals surface area (Å²) in [5.74, 6) is 0.476. The van der Waals surface area contributed by atoms with E-state index in [2.05, 4.69) is 12.2 Å². The maximum atomic E-state index is 11.7. The number of hydrogen-bond donors (Lipinski definition) is 0. The SMILES string of the molecule is O=P1(OCC2CC/C=C\CCC2)OCCO1. The zero-order valence-electron chi connectivity index (χ0n) is 9.47. The first-order valence-electron chi connectivity index (χ1n) is 5.97. The van der Waals surface area contributed by atoms with Crippen molar-refractivity contribution in [1.82, 2.24) is 0 Å². The van der Waals surface area contributed by atoms with E-state index in [1.165, 1.54) is 6.42 Å². The number of phosphoric ester groups is 1. The molecule has 0 aromatic carbocycles. The van der Waals surface area contributed by atoms with Crippen molar-refractivity contribution in [2.75, 3.05) is 19.8 Å². The Kier molecular flexibility index (Phi) is 4.59. The minimum absolute atomic E-state index is 0.380. The largest absolute Gasteiger partial charge is 0.474 e. The second-order valence-corrected chi connectivity index (χ2v) is 5.92. The molecule has 4 nitrogen and oxygen atoms in total. The first kappa shape index (κ1) is 12.3. The minimum Gasteiger partial charge on any atom is -0.287 e. The molecule has 1 aliphatic heterocycles. The van der Waals surface area contributed by atoms with Gasteiger partial charge in [-0.3, -0.25) is 13.6 Å². The summed E-state index contributed by atoms with van der Waals surface area (Å²) in [6.45, 7) is 1.25. The van der Waals surface area contributed by atoms with Gasteiger partial charge < -0.3 is 0 Å². The molecule has 0 radical (unpaired) electrons. The smallest absolute Gasteiger partial charge is 0.287 e. The average Bonchev–Trinajstić information content (AvgIpc) is 2.64. The second kappa shape index (κ2) is 5.97. The normalized spacial score (nSPS) is 31.9. The summed E-state index contributed by atoms with van der Waals surface area (Å²) in [5.41, 5.74) is 0. The van der Waals surface area contributed by atoms with Crippen LogP contribution in [0.2, 0.25) is 0 Å². The predicted octanol–water partition coefficient (Wildman–Crippen LogP) is 3.29. The van der Waals surface area contributed by atoms with Crippen molar-refractivity contribution in [3.63, 3.8) is 0 Å². The maximum Gasteiger partial charge on any atom is 0.474 e. The number of hydrogen-bond acceptors (Lipinski definition) is 4. The molecule has 5 heteroatoms. The van der Waals surface area contributed by atoms with Crippen LogP contribution in [0.5, 0.6) is 0 Å². The Bertz CT molecular complexity index is 280. The van der Waals surface area contributed by atoms with E-state index in [1.54, 1.807) is 0 Å². The quantitative estimate of drug-likeness (QED) is 0.566. The van der Waals surface area contributed by atoms with Crippen LogP contribution in [0, 0.1) is 5.92 Å². The van der Waals surface area contributed by atoms with E-state index >= 15 is 0 Å². The van der Waals surface area contributed by atoms with Crippen molar-refractivity contribution in [3.05, 3.63) is 12.2 Å². The van der Waals surface area contributed by atoms with Crippen LogP contribution in [-0.2, 0) is 18.1 Å². The lowest BCUT2D eigenvalue weighted by atomic mass is 9.95. The number of allylic oxidation sites excluding steroid dienone is 2.